The van der Waals surface area contributed by atoms with Gasteiger partial charge in [-0.2, -0.15) is 0 Å². The number of halogens is 3. The highest BCUT2D eigenvalue weighted by molar-refractivity contribution is 5.22. The Hall–Kier alpha value is -1.81. The zero-order valence-corrected chi connectivity index (χ0v) is 11.0. The number of benzene rings is 2. The van der Waals surface area contributed by atoms with Crippen LogP contribution in [0.5, 0.6) is 0 Å². The van der Waals surface area contributed by atoms with Gasteiger partial charge in [0.15, 0.2) is 0 Å². The minimum atomic E-state index is -0.586. The molecular formula is C16H16F3N. The van der Waals surface area contributed by atoms with Crippen molar-refractivity contribution in [2.45, 2.75) is 12.8 Å². The van der Waals surface area contributed by atoms with Crippen molar-refractivity contribution in [1.82, 2.24) is 0 Å². The van der Waals surface area contributed by atoms with Crippen LogP contribution in [-0.4, -0.2) is 6.54 Å². The predicted molar refractivity (Wildman–Crippen MR) is 72.7 cm³/mol. The molecule has 0 aliphatic heterocycles. The molecule has 0 fully saturated rings. The summed E-state index contributed by atoms with van der Waals surface area (Å²) in [6, 6.07) is 10.1. The van der Waals surface area contributed by atoms with Gasteiger partial charge in [-0.15, -0.1) is 0 Å². The Balaban J connectivity index is 2.16. The molecule has 106 valence electrons. The van der Waals surface area contributed by atoms with E-state index in [9.17, 15) is 13.2 Å². The van der Waals surface area contributed by atoms with Crippen LogP contribution in [0.4, 0.5) is 13.2 Å². The topological polar surface area (TPSA) is 26.0 Å². The largest absolute Gasteiger partial charge is 0.330 e. The number of rotatable bonds is 5. The van der Waals surface area contributed by atoms with Crippen molar-refractivity contribution < 1.29 is 13.2 Å². The van der Waals surface area contributed by atoms with Gasteiger partial charge in [-0.3, -0.25) is 0 Å². The second-order valence-corrected chi connectivity index (χ2v) is 4.80. The summed E-state index contributed by atoms with van der Waals surface area (Å²) in [6.07, 6.45) is 0.514. The van der Waals surface area contributed by atoms with E-state index >= 15 is 0 Å². The molecule has 0 spiro atoms. The fourth-order valence-electron chi connectivity index (χ4n) is 2.23. The molecule has 4 heteroatoms. The standard InChI is InChI=1S/C16H16F3N/c17-14-5-2-1-4-12(14)8-11(10-20)9-13-15(18)6-3-7-16(13)19/h1-7,11H,8-10,20H2. The Morgan fingerprint density at radius 3 is 2.00 bits per heavy atom. The van der Waals surface area contributed by atoms with Gasteiger partial charge in [0.25, 0.3) is 0 Å². The predicted octanol–water partition coefficient (Wildman–Crippen LogP) is 3.46. The van der Waals surface area contributed by atoms with Gasteiger partial charge in [-0.25, -0.2) is 13.2 Å². The fraction of sp³-hybridized carbons (Fsp3) is 0.250. The molecule has 1 atom stereocenters. The maximum atomic E-state index is 13.6. The molecule has 0 amide bonds. The van der Waals surface area contributed by atoms with Gasteiger partial charge >= 0.3 is 0 Å². The van der Waals surface area contributed by atoms with E-state index in [0.29, 0.717) is 12.0 Å². The van der Waals surface area contributed by atoms with Gasteiger partial charge < -0.3 is 5.73 Å². The van der Waals surface area contributed by atoms with Crippen LogP contribution in [0.2, 0.25) is 0 Å². The molecule has 0 radical (unpaired) electrons. The van der Waals surface area contributed by atoms with Crippen molar-refractivity contribution in [3.8, 4) is 0 Å². The summed E-state index contributed by atoms with van der Waals surface area (Å²) >= 11 is 0. The van der Waals surface area contributed by atoms with Crippen molar-refractivity contribution in [1.29, 1.82) is 0 Å². The highest BCUT2D eigenvalue weighted by Gasteiger charge is 2.16. The average Bonchev–Trinajstić information content (AvgIpc) is 2.44. The molecule has 0 saturated heterocycles. The van der Waals surface area contributed by atoms with Crippen LogP contribution in [0.1, 0.15) is 11.1 Å². The molecule has 20 heavy (non-hydrogen) atoms. The SMILES string of the molecule is NCC(Cc1ccccc1F)Cc1c(F)cccc1F. The molecule has 2 aromatic rings. The first-order valence-corrected chi connectivity index (χ1v) is 6.48. The number of nitrogens with two attached hydrogens (primary N) is 1. The molecule has 1 unspecified atom stereocenters. The Morgan fingerprint density at radius 2 is 1.40 bits per heavy atom. The van der Waals surface area contributed by atoms with Gasteiger partial charge in [0.1, 0.15) is 17.5 Å². The van der Waals surface area contributed by atoms with E-state index in [2.05, 4.69) is 0 Å². The van der Waals surface area contributed by atoms with E-state index in [1.807, 2.05) is 0 Å². The van der Waals surface area contributed by atoms with E-state index in [1.165, 1.54) is 24.3 Å². The van der Waals surface area contributed by atoms with Crippen LogP contribution in [0.25, 0.3) is 0 Å². The minimum absolute atomic E-state index is 0.0132. The van der Waals surface area contributed by atoms with Gasteiger partial charge in [-0.1, -0.05) is 24.3 Å². The summed E-state index contributed by atoms with van der Waals surface area (Å²) in [7, 11) is 0. The first-order chi connectivity index (χ1) is 9.61. The third-order valence-corrected chi connectivity index (χ3v) is 3.35. The van der Waals surface area contributed by atoms with Gasteiger partial charge in [0, 0.05) is 5.56 Å². The van der Waals surface area contributed by atoms with E-state index in [-0.39, 0.29) is 30.3 Å². The fourth-order valence-corrected chi connectivity index (χ4v) is 2.23. The lowest BCUT2D eigenvalue weighted by molar-refractivity contribution is 0.476. The molecule has 0 heterocycles. The summed E-state index contributed by atoms with van der Waals surface area (Å²) in [6.45, 7) is 0.238. The van der Waals surface area contributed by atoms with E-state index in [4.69, 9.17) is 5.73 Å². The van der Waals surface area contributed by atoms with Crippen molar-refractivity contribution in [2.24, 2.45) is 11.7 Å². The third kappa shape index (κ3) is 3.39. The lowest BCUT2D eigenvalue weighted by atomic mass is 9.92. The smallest absolute Gasteiger partial charge is 0.129 e. The Kier molecular flexibility index (Phi) is 4.79. The Morgan fingerprint density at radius 1 is 0.800 bits per heavy atom. The Labute approximate surface area is 116 Å². The quantitative estimate of drug-likeness (QED) is 0.891. The summed E-state index contributed by atoms with van der Waals surface area (Å²) in [5, 5.41) is 0. The van der Waals surface area contributed by atoms with Crippen molar-refractivity contribution in [2.75, 3.05) is 6.54 Å². The van der Waals surface area contributed by atoms with Crippen molar-refractivity contribution in [3.63, 3.8) is 0 Å². The lowest BCUT2D eigenvalue weighted by Crippen LogP contribution is -2.21. The van der Waals surface area contributed by atoms with Gasteiger partial charge in [-0.05, 0) is 49.1 Å². The van der Waals surface area contributed by atoms with Crippen LogP contribution < -0.4 is 5.73 Å². The first-order valence-electron chi connectivity index (χ1n) is 6.48. The van der Waals surface area contributed by atoms with Gasteiger partial charge in [0.05, 0.1) is 0 Å². The highest BCUT2D eigenvalue weighted by Crippen LogP contribution is 2.20. The molecule has 2 N–H and O–H groups in total. The van der Waals surface area contributed by atoms with Crippen LogP contribution in [0, 0.1) is 23.4 Å². The number of hydrogen-bond acceptors (Lipinski definition) is 1. The van der Waals surface area contributed by atoms with E-state index in [1.54, 1.807) is 18.2 Å². The first kappa shape index (κ1) is 14.6. The second-order valence-electron chi connectivity index (χ2n) is 4.80. The molecule has 0 saturated carbocycles. The molecule has 2 aromatic carbocycles. The van der Waals surface area contributed by atoms with Crippen molar-refractivity contribution in [3.05, 3.63) is 71.0 Å². The van der Waals surface area contributed by atoms with Gasteiger partial charge in [0.2, 0.25) is 0 Å². The molecule has 2 rings (SSSR count). The van der Waals surface area contributed by atoms with E-state index in [0.717, 1.165) is 0 Å². The monoisotopic (exact) mass is 279 g/mol. The maximum Gasteiger partial charge on any atom is 0.129 e. The molecule has 0 aromatic heterocycles. The zero-order valence-electron chi connectivity index (χ0n) is 11.0. The van der Waals surface area contributed by atoms with Crippen molar-refractivity contribution >= 4 is 0 Å². The number of hydrogen-bond donors (Lipinski definition) is 1. The molecule has 0 aliphatic carbocycles. The summed E-state index contributed by atoms with van der Waals surface area (Å²) in [4.78, 5) is 0. The summed E-state index contributed by atoms with van der Waals surface area (Å²) < 4.78 is 40.8. The lowest BCUT2D eigenvalue weighted by Gasteiger charge is -2.16. The maximum absolute atomic E-state index is 13.6. The molecule has 0 aliphatic rings. The van der Waals surface area contributed by atoms with Crippen LogP contribution in [0.3, 0.4) is 0 Å². The minimum Gasteiger partial charge on any atom is -0.330 e. The molecule has 1 nitrogen and oxygen atoms in total. The third-order valence-electron chi connectivity index (χ3n) is 3.35. The zero-order chi connectivity index (χ0) is 14.5. The highest BCUT2D eigenvalue weighted by atomic mass is 19.1. The summed E-state index contributed by atoms with van der Waals surface area (Å²) in [5.74, 6) is -1.70. The average molecular weight is 279 g/mol. The van der Waals surface area contributed by atoms with Crippen LogP contribution in [0.15, 0.2) is 42.5 Å². The van der Waals surface area contributed by atoms with Crippen LogP contribution in [-0.2, 0) is 12.8 Å². The second kappa shape index (κ2) is 6.57. The Bertz CT molecular complexity index is 563. The summed E-state index contributed by atoms with van der Waals surface area (Å²) in [5.41, 5.74) is 6.18. The normalized spacial score (nSPS) is 12.4. The molecular weight excluding hydrogens is 263 g/mol. The van der Waals surface area contributed by atoms with E-state index < -0.39 is 11.6 Å². The molecule has 0 bridgehead atoms. The van der Waals surface area contributed by atoms with Crippen LogP contribution >= 0.6 is 0 Å².